The summed E-state index contributed by atoms with van der Waals surface area (Å²) in [6.07, 6.45) is 0. The van der Waals surface area contributed by atoms with Crippen LogP contribution >= 0.6 is 0 Å². The first kappa shape index (κ1) is 13.7. The van der Waals surface area contributed by atoms with Crippen molar-refractivity contribution in [3.63, 3.8) is 0 Å². The summed E-state index contributed by atoms with van der Waals surface area (Å²) >= 11 is 0. The molecule has 2 aromatic carbocycles. The number of carbonyl (C=O) groups excluding carboxylic acids is 2. The highest BCUT2D eigenvalue weighted by Crippen LogP contribution is 2.17. The van der Waals surface area contributed by atoms with Crippen LogP contribution in [0.1, 0.15) is 17.3 Å². The largest absolute Gasteiger partial charge is 0.423 e. The summed E-state index contributed by atoms with van der Waals surface area (Å²) in [4.78, 5) is 22.6. The van der Waals surface area contributed by atoms with Crippen molar-refractivity contribution in [1.82, 2.24) is 0 Å². The Kier molecular flexibility index (Phi) is 4.10. The maximum atomic E-state index is 13.0. The van der Waals surface area contributed by atoms with Gasteiger partial charge in [-0.05, 0) is 42.5 Å². The zero-order valence-corrected chi connectivity index (χ0v) is 10.7. The molecule has 5 heteroatoms. The van der Waals surface area contributed by atoms with E-state index in [1.54, 1.807) is 24.3 Å². The second-order valence-electron chi connectivity index (χ2n) is 4.11. The molecule has 0 saturated heterocycles. The van der Waals surface area contributed by atoms with Gasteiger partial charge in [0, 0.05) is 12.6 Å². The van der Waals surface area contributed by atoms with E-state index >= 15 is 0 Å². The third kappa shape index (κ3) is 3.65. The van der Waals surface area contributed by atoms with E-state index in [2.05, 4.69) is 5.32 Å². The van der Waals surface area contributed by atoms with Gasteiger partial charge in [-0.2, -0.15) is 0 Å². The fourth-order valence-corrected chi connectivity index (χ4v) is 1.59. The van der Waals surface area contributed by atoms with Crippen LogP contribution in [0.4, 0.5) is 10.1 Å². The Morgan fingerprint density at radius 1 is 1.10 bits per heavy atom. The Morgan fingerprint density at radius 3 is 2.40 bits per heavy atom. The lowest BCUT2D eigenvalue weighted by molar-refractivity contribution is -0.114. The number of benzene rings is 2. The van der Waals surface area contributed by atoms with Crippen molar-refractivity contribution >= 4 is 17.6 Å². The van der Waals surface area contributed by atoms with Crippen molar-refractivity contribution in [2.75, 3.05) is 5.32 Å². The molecule has 1 N–H and O–H groups in total. The predicted molar refractivity (Wildman–Crippen MR) is 72.1 cm³/mol. The minimum Gasteiger partial charge on any atom is -0.423 e. The molecule has 4 nitrogen and oxygen atoms in total. The van der Waals surface area contributed by atoms with E-state index in [1.165, 1.54) is 25.1 Å². The molecular formula is C15H12FNO3. The molecule has 1 amide bonds. The molecule has 0 radical (unpaired) electrons. The number of rotatable bonds is 3. The normalized spacial score (nSPS) is 9.90. The van der Waals surface area contributed by atoms with Crippen molar-refractivity contribution in [2.45, 2.75) is 6.92 Å². The second-order valence-corrected chi connectivity index (χ2v) is 4.11. The minimum atomic E-state index is -0.642. The Bertz CT molecular complexity index is 638. The summed E-state index contributed by atoms with van der Waals surface area (Å²) in [5, 5.41) is 2.60. The highest BCUT2D eigenvalue weighted by Gasteiger charge is 2.09. The molecule has 0 unspecified atom stereocenters. The molecule has 0 aliphatic heterocycles. The summed E-state index contributed by atoms with van der Waals surface area (Å²) in [5.41, 5.74) is 0.735. The summed E-state index contributed by atoms with van der Waals surface area (Å²) in [7, 11) is 0. The molecule has 0 heterocycles. The van der Waals surface area contributed by atoms with Crippen molar-refractivity contribution in [3.05, 3.63) is 59.9 Å². The lowest BCUT2D eigenvalue weighted by atomic mass is 10.2. The number of amides is 1. The molecule has 20 heavy (non-hydrogen) atoms. The first-order chi connectivity index (χ1) is 9.54. The SMILES string of the molecule is CC(=O)Nc1ccc(OC(=O)c2cccc(F)c2)cc1. The van der Waals surface area contributed by atoms with E-state index in [0.717, 1.165) is 6.07 Å². The topological polar surface area (TPSA) is 55.4 Å². The van der Waals surface area contributed by atoms with E-state index in [-0.39, 0.29) is 11.5 Å². The number of hydrogen-bond donors (Lipinski definition) is 1. The molecule has 0 atom stereocenters. The monoisotopic (exact) mass is 273 g/mol. The Labute approximate surface area is 115 Å². The maximum absolute atomic E-state index is 13.0. The van der Waals surface area contributed by atoms with Gasteiger partial charge in [-0.15, -0.1) is 0 Å². The molecule has 2 aromatic rings. The zero-order valence-electron chi connectivity index (χ0n) is 10.7. The number of carbonyl (C=O) groups is 2. The summed E-state index contributed by atoms with van der Waals surface area (Å²) in [5.74, 6) is -1.01. The first-order valence-electron chi connectivity index (χ1n) is 5.90. The van der Waals surface area contributed by atoms with Crippen molar-refractivity contribution in [2.24, 2.45) is 0 Å². The van der Waals surface area contributed by atoms with Gasteiger partial charge in [0.2, 0.25) is 5.91 Å². The van der Waals surface area contributed by atoms with E-state index < -0.39 is 11.8 Å². The molecule has 102 valence electrons. The lowest BCUT2D eigenvalue weighted by Gasteiger charge is -2.06. The van der Waals surface area contributed by atoms with Crippen molar-refractivity contribution < 1.29 is 18.7 Å². The van der Waals surface area contributed by atoms with Gasteiger partial charge in [0.05, 0.1) is 5.56 Å². The van der Waals surface area contributed by atoms with Gasteiger partial charge in [-0.25, -0.2) is 9.18 Å². The third-order valence-corrected chi connectivity index (χ3v) is 2.45. The number of esters is 1. The molecule has 0 fully saturated rings. The van der Waals surface area contributed by atoms with Crippen LogP contribution in [0.25, 0.3) is 0 Å². The number of halogens is 1. The second kappa shape index (κ2) is 5.97. The predicted octanol–water partition coefficient (Wildman–Crippen LogP) is 3.00. The smallest absolute Gasteiger partial charge is 0.343 e. The zero-order chi connectivity index (χ0) is 14.5. The van der Waals surface area contributed by atoms with Crippen LogP contribution in [-0.2, 0) is 4.79 Å². The third-order valence-electron chi connectivity index (χ3n) is 2.45. The molecule has 0 saturated carbocycles. The van der Waals surface area contributed by atoms with Crippen LogP contribution in [0.3, 0.4) is 0 Å². The Balaban J connectivity index is 2.06. The first-order valence-corrected chi connectivity index (χ1v) is 5.90. The van der Waals surface area contributed by atoms with E-state index in [1.807, 2.05) is 0 Å². The van der Waals surface area contributed by atoms with Crippen LogP contribution < -0.4 is 10.1 Å². The van der Waals surface area contributed by atoms with Gasteiger partial charge in [0.15, 0.2) is 0 Å². The van der Waals surface area contributed by atoms with Gasteiger partial charge in [0.1, 0.15) is 11.6 Å². The molecule has 2 rings (SSSR count). The standard InChI is InChI=1S/C15H12FNO3/c1-10(18)17-13-5-7-14(8-6-13)20-15(19)11-3-2-4-12(16)9-11/h2-9H,1H3,(H,17,18). The van der Waals surface area contributed by atoms with Gasteiger partial charge >= 0.3 is 5.97 Å². The van der Waals surface area contributed by atoms with Gasteiger partial charge in [-0.1, -0.05) is 6.07 Å². The van der Waals surface area contributed by atoms with Gasteiger partial charge in [0.25, 0.3) is 0 Å². The Morgan fingerprint density at radius 2 is 1.80 bits per heavy atom. The van der Waals surface area contributed by atoms with Crippen LogP contribution in [-0.4, -0.2) is 11.9 Å². The quantitative estimate of drug-likeness (QED) is 0.691. The lowest BCUT2D eigenvalue weighted by Crippen LogP contribution is -2.09. The van der Waals surface area contributed by atoms with E-state index in [0.29, 0.717) is 11.4 Å². The van der Waals surface area contributed by atoms with Gasteiger partial charge in [-0.3, -0.25) is 4.79 Å². The van der Waals surface area contributed by atoms with E-state index in [9.17, 15) is 14.0 Å². The summed E-state index contributed by atoms with van der Waals surface area (Å²) < 4.78 is 18.1. The maximum Gasteiger partial charge on any atom is 0.343 e. The highest BCUT2D eigenvalue weighted by molar-refractivity contribution is 5.91. The minimum absolute atomic E-state index is 0.135. The van der Waals surface area contributed by atoms with Gasteiger partial charge < -0.3 is 10.1 Å². The fraction of sp³-hybridized carbons (Fsp3) is 0.0667. The van der Waals surface area contributed by atoms with Crippen LogP contribution in [0.2, 0.25) is 0 Å². The number of hydrogen-bond acceptors (Lipinski definition) is 3. The molecular weight excluding hydrogens is 261 g/mol. The van der Waals surface area contributed by atoms with Crippen LogP contribution in [0, 0.1) is 5.82 Å². The average Bonchev–Trinajstić information content (AvgIpc) is 2.40. The molecule has 0 bridgehead atoms. The van der Waals surface area contributed by atoms with Crippen LogP contribution in [0.5, 0.6) is 5.75 Å². The van der Waals surface area contributed by atoms with Crippen molar-refractivity contribution in [1.29, 1.82) is 0 Å². The highest BCUT2D eigenvalue weighted by atomic mass is 19.1. The van der Waals surface area contributed by atoms with Crippen molar-refractivity contribution in [3.8, 4) is 5.75 Å². The number of nitrogens with one attached hydrogen (secondary N) is 1. The average molecular weight is 273 g/mol. The Hall–Kier alpha value is -2.69. The molecule has 0 aromatic heterocycles. The summed E-state index contributed by atoms with van der Waals surface area (Å²) in [6.45, 7) is 1.40. The van der Waals surface area contributed by atoms with Crippen LogP contribution in [0.15, 0.2) is 48.5 Å². The molecule has 0 aliphatic carbocycles. The number of ether oxygens (including phenoxy) is 1. The van der Waals surface area contributed by atoms with E-state index in [4.69, 9.17) is 4.74 Å². The summed E-state index contributed by atoms with van der Waals surface area (Å²) in [6, 6.07) is 11.6. The number of anilines is 1. The fourth-order valence-electron chi connectivity index (χ4n) is 1.59. The molecule has 0 aliphatic rings. The molecule has 0 spiro atoms.